The minimum atomic E-state index is -0.00705. The fourth-order valence-electron chi connectivity index (χ4n) is 4.04. The number of amides is 1. The molecule has 1 fully saturated rings. The van der Waals surface area contributed by atoms with Gasteiger partial charge >= 0.3 is 0 Å². The number of morpholine rings is 1. The quantitative estimate of drug-likeness (QED) is 0.688. The highest BCUT2D eigenvalue weighted by atomic mass is 16.5. The Morgan fingerprint density at radius 1 is 1.13 bits per heavy atom. The van der Waals surface area contributed by atoms with Gasteiger partial charge < -0.3 is 14.8 Å². The maximum Gasteiger partial charge on any atom is 0.234 e. The number of rotatable bonds is 9. The number of ether oxygens (including phenoxy) is 2. The molecule has 0 unspecified atom stereocenters. The lowest BCUT2D eigenvalue weighted by atomic mass is 9.98. The Bertz CT molecular complexity index is 776. The monoisotopic (exact) mass is 411 g/mol. The molecule has 0 spiro atoms. The molecule has 1 aliphatic heterocycles. The molecule has 1 N–H and O–H groups in total. The molecule has 6 nitrogen and oxygen atoms in total. The maximum atomic E-state index is 12.8. The Balaban J connectivity index is 1.58. The van der Waals surface area contributed by atoms with E-state index in [-0.39, 0.29) is 18.0 Å². The third-order valence-electron chi connectivity index (χ3n) is 5.47. The van der Waals surface area contributed by atoms with Crippen LogP contribution in [-0.2, 0) is 16.1 Å². The van der Waals surface area contributed by atoms with Gasteiger partial charge in [0.15, 0.2) is 0 Å². The van der Waals surface area contributed by atoms with Gasteiger partial charge in [0.05, 0.1) is 32.9 Å². The molecular formula is C24H33N3O3. The summed E-state index contributed by atoms with van der Waals surface area (Å²) in [6, 6.07) is 18.5. The van der Waals surface area contributed by atoms with Gasteiger partial charge in [0.2, 0.25) is 5.91 Å². The summed E-state index contributed by atoms with van der Waals surface area (Å²) in [6.45, 7) is 6.35. The number of nitrogens with zero attached hydrogens (tertiary/aromatic N) is 2. The van der Waals surface area contributed by atoms with Gasteiger partial charge in [-0.05, 0) is 37.2 Å². The van der Waals surface area contributed by atoms with Crippen molar-refractivity contribution in [1.82, 2.24) is 15.1 Å². The molecule has 2 atom stereocenters. The van der Waals surface area contributed by atoms with Crippen molar-refractivity contribution in [1.29, 1.82) is 0 Å². The third-order valence-corrected chi connectivity index (χ3v) is 5.47. The summed E-state index contributed by atoms with van der Waals surface area (Å²) >= 11 is 0. The minimum Gasteiger partial charge on any atom is -0.497 e. The number of hydrogen-bond donors (Lipinski definition) is 1. The van der Waals surface area contributed by atoms with Crippen molar-refractivity contribution in [3.63, 3.8) is 0 Å². The summed E-state index contributed by atoms with van der Waals surface area (Å²) in [5.41, 5.74) is 2.37. The largest absolute Gasteiger partial charge is 0.497 e. The average molecular weight is 412 g/mol. The van der Waals surface area contributed by atoms with Crippen LogP contribution in [0.3, 0.4) is 0 Å². The van der Waals surface area contributed by atoms with Gasteiger partial charge in [-0.1, -0.05) is 42.5 Å². The molecule has 1 saturated heterocycles. The Labute approximate surface area is 179 Å². The topological polar surface area (TPSA) is 54.0 Å². The van der Waals surface area contributed by atoms with Crippen LogP contribution in [-0.4, -0.2) is 68.8 Å². The fraction of sp³-hybridized carbons (Fsp3) is 0.458. The predicted octanol–water partition coefficient (Wildman–Crippen LogP) is 2.71. The molecular weight excluding hydrogens is 378 g/mol. The second kappa shape index (κ2) is 11.1. The van der Waals surface area contributed by atoms with E-state index in [2.05, 4.69) is 41.4 Å². The molecule has 0 saturated carbocycles. The van der Waals surface area contributed by atoms with Crippen molar-refractivity contribution < 1.29 is 14.3 Å². The standard InChI is InChI=1S/C24H33N3O3/c1-19(24(21-7-5-4-6-8-21)27-13-15-30-16-14-27)25-23(28)18-26(2)17-20-9-11-22(29-3)12-10-20/h4-12,19,24H,13-18H2,1-3H3,(H,25,28)/t19-,24-/m1/s1. The summed E-state index contributed by atoms with van der Waals surface area (Å²) in [4.78, 5) is 17.2. The molecule has 0 bridgehead atoms. The number of carbonyl (C=O) groups is 1. The second-order valence-corrected chi connectivity index (χ2v) is 7.88. The van der Waals surface area contributed by atoms with Crippen LogP contribution in [0.15, 0.2) is 54.6 Å². The molecule has 0 radical (unpaired) electrons. The molecule has 0 aliphatic carbocycles. The Kier molecular flexibility index (Phi) is 8.25. The van der Waals surface area contributed by atoms with E-state index < -0.39 is 0 Å². The van der Waals surface area contributed by atoms with E-state index in [1.165, 1.54) is 5.56 Å². The van der Waals surface area contributed by atoms with E-state index in [0.717, 1.165) is 37.6 Å². The van der Waals surface area contributed by atoms with Crippen LogP contribution in [0.5, 0.6) is 5.75 Å². The average Bonchev–Trinajstić information content (AvgIpc) is 2.75. The lowest BCUT2D eigenvalue weighted by Gasteiger charge is -2.38. The third kappa shape index (κ3) is 6.29. The highest BCUT2D eigenvalue weighted by Gasteiger charge is 2.28. The number of likely N-dealkylation sites (N-methyl/N-ethyl adjacent to an activating group) is 1. The van der Waals surface area contributed by atoms with E-state index in [4.69, 9.17) is 9.47 Å². The van der Waals surface area contributed by atoms with Crippen LogP contribution in [0.1, 0.15) is 24.1 Å². The van der Waals surface area contributed by atoms with Gasteiger partial charge in [0.1, 0.15) is 5.75 Å². The molecule has 2 aromatic rings. The van der Waals surface area contributed by atoms with E-state index >= 15 is 0 Å². The molecule has 1 heterocycles. The second-order valence-electron chi connectivity index (χ2n) is 7.88. The highest BCUT2D eigenvalue weighted by Crippen LogP contribution is 2.25. The Hall–Kier alpha value is -2.41. The zero-order chi connectivity index (χ0) is 21.3. The highest BCUT2D eigenvalue weighted by molar-refractivity contribution is 5.78. The molecule has 2 aromatic carbocycles. The maximum absolute atomic E-state index is 12.8. The van der Waals surface area contributed by atoms with Crippen LogP contribution in [0.25, 0.3) is 0 Å². The van der Waals surface area contributed by atoms with E-state index in [1.807, 2.05) is 42.3 Å². The predicted molar refractivity (Wildman–Crippen MR) is 119 cm³/mol. The first-order chi connectivity index (χ1) is 14.6. The normalized spacial score (nSPS) is 16.8. The minimum absolute atomic E-state index is 0.00705. The van der Waals surface area contributed by atoms with E-state index in [9.17, 15) is 4.79 Å². The summed E-state index contributed by atoms with van der Waals surface area (Å²) in [6.07, 6.45) is 0. The van der Waals surface area contributed by atoms with Crippen molar-refractivity contribution in [3.8, 4) is 5.75 Å². The van der Waals surface area contributed by atoms with Crippen molar-refractivity contribution >= 4 is 5.91 Å². The summed E-state index contributed by atoms with van der Waals surface area (Å²) in [5.74, 6) is 0.871. The van der Waals surface area contributed by atoms with Crippen molar-refractivity contribution in [3.05, 3.63) is 65.7 Å². The van der Waals surface area contributed by atoms with Crippen molar-refractivity contribution in [2.45, 2.75) is 25.6 Å². The molecule has 162 valence electrons. The first kappa shape index (κ1) is 22.3. The molecule has 0 aromatic heterocycles. The van der Waals surface area contributed by atoms with Gasteiger partial charge in [-0.15, -0.1) is 0 Å². The van der Waals surface area contributed by atoms with Crippen LogP contribution in [0.2, 0.25) is 0 Å². The summed E-state index contributed by atoms with van der Waals surface area (Å²) in [7, 11) is 3.62. The van der Waals surface area contributed by atoms with Crippen molar-refractivity contribution in [2.24, 2.45) is 0 Å². The van der Waals surface area contributed by atoms with E-state index in [0.29, 0.717) is 13.1 Å². The van der Waals surface area contributed by atoms with Crippen molar-refractivity contribution in [2.75, 3.05) is 47.0 Å². The number of nitrogens with one attached hydrogen (secondary N) is 1. The van der Waals surface area contributed by atoms with Gasteiger partial charge in [0.25, 0.3) is 0 Å². The zero-order valence-electron chi connectivity index (χ0n) is 18.2. The van der Waals surface area contributed by atoms with Gasteiger partial charge in [-0.3, -0.25) is 14.6 Å². The smallest absolute Gasteiger partial charge is 0.234 e. The van der Waals surface area contributed by atoms with Crippen LogP contribution in [0, 0.1) is 0 Å². The molecule has 1 aliphatic rings. The summed E-state index contributed by atoms with van der Waals surface area (Å²) < 4.78 is 10.7. The number of methoxy groups -OCH3 is 1. The fourth-order valence-corrected chi connectivity index (χ4v) is 4.04. The number of hydrogen-bond acceptors (Lipinski definition) is 5. The molecule has 6 heteroatoms. The molecule has 3 rings (SSSR count). The zero-order valence-corrected chi connectivity index (χ0v) is 18.2. The van der Waals surface area contributed by atoms with Gasteiger partial charge in [0, 0.05) is 25.7 Å². The Morgan fingerprint density at radius 2 is 1.80 bits per heavy atom. The molecule has 30 heavy (non-hydrogen) atoms. The van der Waals surface area contributed by atoms with Crippen LogP contribution >= 0.6 is 0 Å². The number of carbonyl (C=O) groups excluding carboxylic acids is 1. The first-order valence-electron chi connectivity index (χ1n) is 10.5. The lowest BCUT2D eigenvalue weighted by molar-refractivity contribution is -0.123. The summed E-state index contributed by atoms with van der Waals surface area (Å²) in [5, 5.41) is 3.23. The first-order valence-corrected chi connectivity index (χ1v) is 10.5. The Morgan fingerprint density at radius 3 is 2.43 bits per heavy atom. The SMILES string of the molecule is COc1ccc(CN(C)CC(=O)N[C@H](C)[C@H](c2ccccc2)N2CCOCC2)cc1. The molecule has 1 amide bonds. The number of benzene rings is 2. The van der Waals surface area contributed by atoms with Crippen LogP contribution in [0.4, 0.5) is 0 Å². The van der Waals surface area contributed by atoms with Gasteiger partial charge in [-0.25, -0.2) is 0 Å². The van der Waals surface area contributed by atoms with Gasteiger partial charge in [-0.2, -0.15) is 0 Å². The van der Waals surface area contributed by atoms with Crippen LogP contribution < -0.4 is 10.1 Å². The lowest BCUT2D eigenvalue weighted by Crippen LogP contribution is -2.49. The van der Waals surface area contributed by atoms with E-state index in [1.54, 1.807) is 7.11 Å².